The number of aromatic nitrogens is 2. The molecule has 0 bridgehead atoms. The fraction of sp³-hybridized carbons (Fsp3) is 0.571. The first kappa shape index (κ1) is 15.2. The third kappa shape index (κ3) is 3.68. The summed E-state index contributed by atoms with van der Waals surface area (Å²) in [4.78, 5) is 33.7. The van der Waals surface area contributed by atoms with E-state index < -0.39 is 11.5 Å². The third-order valence-corrected chi connectivity index (χ3v) is 3.60. The number of rotatable bonds is 4. The number of anilines is 1. The van der Waals surface area contributed by atoms with Crippen LogP contribution in [0.15, 0.2) is 18.5 Å². The summed E-state index contributed by atoms with van der Waals surface area (Å²) in [6, 6.07) is 1.74. The smallest absolute Gasteiger partial charge is 0.328 e. The molecule has 1 saturated heterocycles. The largest absolute Gasteiger partial charge is 0.480 e. The van der Waals surface area contributed by atoms with Crippen LogP contribution in [0.3, 0.4) is 0 Å². The van der Waals surface area contributed by atoms with Crippen molar-refractivity contribution in [1.82, 2.24) is 15.3 Å². The molecule has 1 atom stereocenters. The highest BCUT2D eigenvalue weighted by atomic mass is 16.4. The predicted molar refractivity (Wildman–Crippen MR) is 76.8 cm³/mol. The van der Waals surface area contributed by atoms with Gasteiger partial charge in [-0.25, -0.2) is 14.8 Å². The molecule has 7 nitrogen and oxygen atoms in total. The lowest BCUT2D eigenvalue weighted by atomic mass is 9.95. The van der Waals surface area contributed by atoms with Crippen molar-refractivity contribution in [3.63, 3.8) is 0 Å². The lowest BCUT2D eigenvalue weighted by molar-refractivity contribution is -0.146. The van der Waals surface area contributed by atoms with Crippen LogP contribution in [0.4, 0.5) is 5.95 Å². The van der Waals surface area contributed by atoms with E-state index in [1.165, 1.54) is 13.8 Å². The van der Waals surface area contributed by atoms with Gasteiger partial charge < -0.3 is 15.3 Å². The molecule has 0 spiro atoms. The third-order valence-electron chi connectivity index (χ3n) is 3.60. The number of aliphatic carboxylic acids is 1. The molecule has 0 unspecified atom stereocenters. The average Bonchev–Trinajstić information content (AvgIpc) is 2.47. The van der Waals surface area contributed by atoms with E-state index in [0.717, 1.165) is 19.4 Å². The highest BCUT2D eigenvalue weighted by Crippen LogP contribution is 2.20. The first-order valence-electron chi connectivity index (χ1n) is 6.97. The molecule has 114 valence electrons. The Kier molecular flexibility index (Phi) is 4.40. The summed E-state index contributed by atoms with van der Waals surface area (Å²) >= 11 is 0. The Morgan fingerprint density at radius 2 is 2.05 bits per heavy atom. The molecule has 0 aliphatic carbocycles. The van der Waals surface area contributed by atoms with Crippen molar-refractivity contribution in [1.29, 1.82) is 0 Å². The maximum atomic E-state index is 12.3. The van der Waals surface area contributed by atoms with E-state index in [1.807, 2.05) is 4.90 Å². The van der Waals surface area contributed by atoms with Gasteiger partial charge in [-0.05, 0) is 32.8 Å². The van der Waals surface area contributed by atoms with Gasteiger partial charge in [-0.15, -0.1) is 0 Å². The standard InChI is InChI=1S/C14H20N4O3/c1-14(2,12(20)21)17-11(19)10-5-3-8-18(9-10)13-15-6-4-7-16-13/h4,6-7,10H,3,5,8-9H2,1-2H3,(H,17,19)(H,20,21)/t10-/m1/s1. The molecule has 21 heavy (non-hydrogen) atoms. The molecule has 2 rings (SSSR count). The Hall–Kier alpha value is -2.18. The van der Waals surface area contributed by atoms with E-state index in [9.17, 15) is 9.59 Å². The zero-order chi connectivity index (χ0) is 15.5. The Morgan fingerprint density at radius 1 is 1.38 bits per heavy atom. The molecular formula is C14H20N4O3. The van der Waals surface area contributed by atoms with Crippen LogP contribution in [-0.2, 0) is 9.59 Å². The van der Waals surface area contributed by atoms with Gasteiger partial charge in [0.2, 0.25) is 11.9 Å². The average molecular weight is 292 g/mol. The summed E-state index contributed by atoms with van der Waals surface area (Å²) in [5.41, 5.74) is -1.26. The van der Waals surface area contributed by atoms with Crippen LogP contribution in [0.1, 0.15) is 26.7 Å². The highest BCUT2D eigenvalue weighted by Gasteiger charge is 2.34. The van der Waals surface area contributed by atoms with Crippen molar-refractivity contribution in [3.05, 3.63) is 18.5 Å². The van der Waals surface area contributed by atoms with Crippen LogP contribution >= 0.6 is 0 Å². The Bertz CT molecular complexity index is 518. The molecule has 1 aliphatic heterocycles. The van der Waals surface area contributed by atoms with Crippen LogP contribution in [0, 0.1) is 5.92 Å². The number of carbonyl (C=O) groups is 2. The summed E-state index contributed by atoms with van der Waals surface area (Å²) in [6.45, 7) is 4.27. The zero-order valence-corrected chi connectivity index (χ0v) is 12.2. The monoisotopic (exact) mass is 292 g/mol. The summed E-state index contributed by atoms with van der Waals surface area (Å²) < 4.78 is 0. The van der Waals surface area contributed by atoms with Gasteiger partial charge in [0.25, 0.3) is 0 Å². The Balaban J connectivity index is 2.01. The first-order valence-corrected chi connectivity index (χ1v) is 6.97. The van der Waals surface area contributed by atoms with Gasteiger partial charge in [0.05, 0.1) is 5.92 Å². The van der Waals surface area contributed by atoms with Gasteiger partial charge in [-0.1, -0.05) is 0 Å². The van der Waals surface area contributed by atoms with Gasteiger partial charge in [-0.2, -0.15) is 0 Å². The number of carboxylic acid groups (broad SMARTS) is 1. The molecular weight excluding hydrogens is 272 g/mol. The molecule has 1 aliphatic rings. The number of hydrogen-bond acceptors (Lipinski definition) is 5. The van der Waals surface area contributed by atoms with E-state index in [2.05, 4.69) is 15.3 Å². The summed E-state index contributed by atoms with van der Waals surface area (Å²) in [6.07, 6.45) is 4.92. The summed E-state index contributed by atoms with van der Waals surface area (Å²) in [7, 11) is 0. The van der Waals surface area contributed by atoms with Gasteiger partial charge in [0.1, 0.15) is 5.54 Å². The molecule has 1 fully saturated rings. The maximum absolute atomic E-state index is 12.3. The molecule has 2 heterocycles. The minimum Gasteiger partial charge on any atom is -0.480 e. The molecule has 1 amide bonds. The van der Waals surface area contributed by atoms with Gasteiger partial charge in [0, 0.05) is 25.5 Å². The minimum atomic E-state index is -1.26. The number of nitrogens with one attached hydrogen (secondary N) is 1. The normalized spacial score (nSPS) is 19.1. The highest BCUT2D eigenvalue weighted by molar-refractivity contribution is 5.87. The topological polar surface area (TPSA) is 95.4 Å². The zero-order valence-electron chi connectivity index (χ0n) is 12.2. The van der Waals surface area contributed by atoms with Gasteiger partial charge in [-0.3, -0.25) is 4.79 Å². The second-order valence-electron chi connectivity index (χ2n) is 5.75. The van der Waals surface area contributed by atoms with Crippen molar-refractivity contribution in [2.45, 2.75) is 32.2 Å². The fourth-order valence-electron chi connectivity index (χ4n) is 2.29. The number of piperidine rings is 1. The quantitative estimate of drug-likeness (QED) is 0.847. The van der Waals surface area contributed by atoms with Crippen molar-refractivity contribution in [2.24, 2.45) is 5.92 Å². The maximum Gasteiger partial charge on any atom is 0.328 e. The SMILES string of the molecule is CC(C)(NC(=O)[C@@H]1CCCN(c2ncccn2)C1)C(=O)O. The van der Waals surface area contributed by atoms with Gasteiger partial charge in [0.15, 0.2) is 0 Å². The second-order valence-corrected chi connectivity index (χ2v) is 5.75. The number of carbonyl (C=O) groups excluding carboxylic acids is 1. The van der Waals surface area contributed by atoms with E-state index >= 15 is 0 Å². The van der Waals surface area contributed by atoms with Gasteiger partial charge >= 0.3 is 5.97 Å². The Morgan fingerprint density at radius 3 is 2.67 bits per heavy atom. The molecule has 0 saturated carbocycles. The number of hydrogen-bond donors (Lipinski definition) is 2. The van der Waals surface area contributed by atoms with Crippen molar-refractivity contribution in [2.75, 3.05) is 18.0 Å². The molecule has 1 aromatic rings. The molecule has 0 radical (unpaired) electrons. The minimum absolute atomic E-state index is 0.233. The van der Waals surface area contributed by atoms with Crippen LogP contribution in [0.2, 0.25) is 0 Å². The fourth-order valence-corrected chi connectivity index (χ4v) is 2.29. The van der Waals surface area contributed by atoms with Crippen molar-refractivity contribution >= 4 is 17.8 Å². The van der Waals surface area contributed by atoms with E-state index in [-0.39, 0.29) is 11.8 Å². The van der Waals surface area contributed by atoms with Crippen LogP contribution in [0.25, 0.3) is 0 Å². The van der Waals surface area contributed by atoms with E-state index in [0.29, 0.717) is 12.5 Å². The predicted octanol–water partition coefficient (Wildman–Crippen LogP) is 0.672. The van der Waals surface area contributed by atoms with Crippen LogP contribution in [-0.4, -0.2) is 45.6 Å². The van der Waals surface area contributed by atoms with E-state index in [4.69, 9.17) is 5.11 Å². The Labute approximate surface area is 123 Å². The lowest BCUT2D eigenvalue weighted by Gasteiger charge is -2.33. The van der Waals surface area contributed by atoms with Crippen LogP contribution in [0.5, 0.6) is 0 Å². The number of nitrogens with zero attached hydrogens (tertiary/aromatic N) is 3. The van der Waals surface area contributed by atoms with Crippen molar-refractivity contribution < 1.29 is 14.7 Å². The van der Waals surface area contributed by atoms with Crippen molar-refractivity contribution in [3.8, 4) is 0 Å². The molecule has 2 N–H and O–H groups in total. The van der Waals surface area contributed by atoms with E-state index in [1.54, 1.807) is 18.5 Å². The lowest BCUT2D eigenvalue weighted by Crippen LogP contribution is -2.54. The summed E-state index contributed by atoms with van der Waals surface area (Å²) in [5.74, 6) is -0.924. The molecule has 0 aromatic carbocycles. The second kappa shape index (κ2) is 6.07. The number of carboxylic acids is 1. The van der Waals surface area contributed by atoms with Crippen LogP contribution < -0.4 is 10.2 Å². The first-order chi connectivity index (χ1) is 9.90. The molecule has 7 heteroatoms. The number of amides is 1. The summed E-state index contributed by atoms with van der Waals surface area (Å²) in [5, 5.41) is 11.7. The molecule has 1 aromatic heterocycles.